The second-order valence-corrected chi connectivity index (χ2v) is 5.84. The predicted molar refractivity (Wildman–Crippen MR) is 63.4 cm³/mol. The SMILES string of the molecule is COCCN(CCC#N)S(=O)(=O)N1CCCC1. The lowest BCUT2D eigenvalue weighted by atomic mass is 10.4. The van der Waals surface area contributed by atoms with Crippen molar-refractivity contribution in [1.82, 2.24) is 8.61 Å². The van der Waals surface area contributed by atoms with Gasteiger partial charge in [0.2, 0.25) is 0 Å². The molecule has 6 nitrogen and oxygen atoms in total. The summed E-state index contributed by atoms with van der Waals surface area (Å²) in [5.41, 5.74) is 0. The fourth-order valence-electron chi connectivity index (χ4n) is 1.79. The third-order valence-corrected chi connectivity index (χ3v) is 4.77. The molecule has 0 spiro atoms. The van der Waals surface area contributed by atoms with Gasteiger partial charge in [0.05, 0.1) is 12.7 Å². The minimum absolute atomic E-state index is 0.205. The molecule has 0 amide bonds. The lowest BCUT2D eigenvalue weighted by Crippen LogP contribution is -2.44. The second-order valence-electron chi connectivity index (χ2n) is 3.91. The number of hydrogen-bond donors (Lipinski definition) is 0. The first-order valence-corrected chi connectivity index (χ1v) is 7.13. The Morgan fingerprint density at radius 1 is 1.35 bits per heavy atom. The molecule has 0 unspecified atom stereocenters. The third-order valence-electron chi connectivity index (χ3n) is 2.74. The lowest BCUT2D eigenvalue weighted by Gasteiger charge is -2.26. The van der Waals surface area contributed by atoms with Gasteiger partial charge in [-0.25, -0.2) is 0 Å². The normalized spacial score (nSPS) is 17.5. The van der Waals surface area contributed by atoms with Crippen molar-refractivity contribution >= 4 is 10.2 Å². The van der Waals surface area contributed by atoms with Crippen molar-refractivity contribution in [1.29, 1.82) is 5.26 Å². The van der Waals surface area contributed by atoms with Crippen LogP contribution in [0, 0.1) is 11.3 Å². The molecule has 1 aliphatic heterocycles. The minimum atomic E-state index is -3.41. The molecule has 0 aliphatic carbocycles. The lowest BCUT2D eigenvalue weighted by molar-refractivity contribution is 0.177. The van der Waals surface area contributed by atoms with Gasteiger partial charge < -0.3 is 4.74 Å². The standard InChI is InChI=1S/C10H19N3O3S/c1-16-10-9-13(8-4-5-11)17(14,15)12-6-2-3-7-12/h2-4,6-10H2,1H3. The Bertz CT molecular complexity index is 357. The van der Waals surface area contributed by atoms with E-state index in [4.69, 9.17) is 10.00 Å². The van der Waals surface area contributed by atoms with Crippen molar-refractivity contribution < 1.29 is 13.2 Å². The molecule has 98 valence electrons. The fourth-order valence-corrected chi connectivity index (χ4v) is 3.47. The molecule has 0 aromatic heterocycles. The van der Waals surface area contributed by atoms with Crippen molar-refractivity contribution in [3.8, 4) is 6.07 Å². The van der Waals surface area contributed by atoms with E-state index in [-0.39, 0.29) is 13.0 Å². The van der Waals surface area contributed by atoms with E-state index in [0.717, 1.165) is 12.8 Å². The Morgan fingerprint density at radius 2 is 2.00 bits per heavy atom. The Balaban J connectivity index is 2.68. The van der Waals surface area contributed by atoms with Crippen LogP contribution in [0.25, 0.3) is 0 Å². The Kier molecular flexibility index (Phi) is 5.85. The Morgan fingerprint density at radius 3 is 2.53 bits per heavy atom. The molecule has 1 fully saturated rings. The number of rotatable bonds is 7. The van der Waals surface area contributed by atoms with Crippen molar-refractivity contribution in [2.45, 2.75) is 19.3 Å². The van der Waals surface area contributed by atoms with Gasteiger partial charge >= 0.3 is 0 Å². The van der Waals surface area contributed by atoms with Crippen LogP contribution in [0.3, 0.4) is 0 Å². The van der Waals surface area contributed by atoms with Gasteiger partial charge in [0, 0.05) is 39.7 Å². The van der Waals surface area contributed by atoms with Crippen molar-refractivity contribution in [3.05, 3.63) is 0 Å². The molecule has 0 radical (unpaired) electrons. The quantitative estimate of drug-likeness (QED) is 0.655. The molecule has 17 heavy (non-hydrogen) atoms. The largest absolute Gasteiger partial charge is 0.383 e. The van der Waals surface area contributed by atoms with Crippen LogP contribution in [-0.2, 0) is 14.9 Å². The molecule has 1 aliphatic rings. The van der Waals surface area contributed by atoms with Crippen LogP contribution in [0.5, 0.6) is 0 Å². The number of hydrogen-bond acceptors (Lipinski definition) is 4. The summed E-state index contributed by atoms with van der Waals surface area (Å²) < 4.78 is 32.2. The maximum Gasteiger partial charge on any atom is 0.282 e. The monoisotopic (exact) mass is 261 g/mol. The van der Waals surface area contributed by atoms with E-state index < -0.39 is 10.2 Å². The zero-order valence-corrected chi connectivity index (χ0v) is 10.9. The van der Waals surface area contributed by atoms with E-state index in [0.29, 0.717) is 26.2 Å². The van der Waals surface area contributed by atoms with Crippen molar-refractivity contribution in [2.75, 3.05) is 39.9 Å². The van der Waals surface area contributed by atoms with Crippen LogP contribution in [0.4, 0.5) is 0 Å². The van der Waals surface area contributed by atoms with Gasteiger partial charge in [0.25, 0.3) is 10.2 Å². The predicted octanol–water partition coefficient (Wildman–Crippen LogP) is 0.189. The zero-order chi connectivity index (χ0) is 12.7. The average Bonchev–Trinajstić information content (AvgIpc) is 2.83. The zero-order valence-electron chi connectivity index (χ0n) is 10.1. The van der Waals surface area contributed by atoms with Gasteiger partial charge in [-0.05, 0) is 12.8 Å². The molecule has 0 N–H and O–H groups in total. The topological polar surface area (TPSA) is 73.6 Å². The highest BCUT2D eigenvalue weighted by Crippen LogP contribution is 2.16. The number of nitriles is 1. The molecule has 1 saturated heterocycles. The molecule has 0 atom stereocenters. The molecule has 1 rings (SSSR count). The first kappa shape index (κ1) is 14.4. The summed E-state index contributed by atoms with van der Waals surface area (Å²) in [6, 6.07) is 1.97. The van der Waals surface area contributed by atoms with E-state index in [1.54, 1.807) is 0 Å². The highest BCUT2D eigenvalue weighted by Gasteiger charge is 2.30. The summed E-state index contributed by atoms with van der Waals surface area (Å²) in [4.78, 5) is 0. The highest BCUT2D eigenvalue weighted by atomic mass is 32.2. The van der Waals surface area contributed by atoms with Crippen LogP contribution in [0.15, 0.2) is 0 Å². The van der Waals surface area contributed by atoms with E-state index in [1.807, 2.05) is 6.07 Å². The van der Waals surface area contributed by atoms with Crippen LogP contribution in [0.1, 0.15) is 19.3 Å². The van der Waals surface area contributed by atoms with Crippen LogP contribution < -0.4 is 0 Å². The summed E-state index contributed by atoms with van der Waals surface area (Å²) in [7, 11) is -1.88. The van der Waals surface area contributed by atoms with Gasteiger partial charge in [0.1, 0.15) is 0 Å². The maximum absolute atomic E-state index is 12.2. The Hall–Kier alpha value is -0.680. The minimum Gasteiger partial charge on any atom is -0.383 e. The summed E-state index contributed by atoms with van der Waals surface area (Å²) in [5, 5.41) is 8.56. The van der Waals surface area contributed by atoms with Crippen LogP contribution in [0.2, 0.25) is 0 Å². The third kappa shape index (κ3) is 3.92. The first-order chi connectivity index (χ1) is 8.12. The first-order valence-electron chi connectivity index (χ1n) is 5.74. The van der Waals surface area contributed by atoms with Gasteiger partial charge in [-0.1, -0.05) is 0 Å². The van der Waals surface area contributed by atoms with Gasteiger partial charge in [0.15, 0.2) is 0 Å². The van der Waals surface area contributed by atoms with Gasteiger partial charge in [-0.15, -0.1) is 0 Å². The van der Waals surface area contributed by atoms with Crippen LogP contribution >= 0.6 is 0 Å². The van der Waals surface area contributed by atoms with E-state index in [9.17, 15) is 8.42 Å². The van der Waals surface area contributed by atoms with E-state index in [1.165, 1.54) is 15.7 Å². The summed E-state index contributed by atoms with van der Waals surface area (Å²) in [5.74, 6) is 0. The summed E-state index contributed by atoms with van der Waals surface area (Å²) in [6.45, 7) is 2.05. The fraction of sp³-hybridized carbons (Fsp3) is 0.900. The summed E-state index contributed by atoms with van der Waals surface area (Å²) in [6.07, 6.45) is 2.03. The van der Waals surface area contributed by atoms with Crippen molar-refractivity contribution in [3.63, 3.8) is 0 Å². The molecule has 0 saturated carbocycles. The maximum atomic E-state index is 12.2. The molecule has 7 heteroatoms. The van der Waals surface area contributed by atoms with Crippen molar-refractivity contribution in [2.24, 2.45) is 0 Å². The molecule has 0 bridgehead atoms. The number of methoxy groups -OCH3 is 1. The molecule has 0 aromatic rings. The van der Waals surface area contributed by atoms with Gasteiger partial charge in [-0.3, -0.25) is 0 Å². The van der Waals surface area contributed by atoms with Gasteiger partial charge in [-0.2, -0.15) is 22.3 Å². The highest BCUT2D eigenvalue weighted by molar-refractivity contribution is 7.86. The second kappa shape index (κ2) is 6.91. The average molecular weight is 261 g/mol. The Labute approximate surface area is 103 Å². The molecule has 1 heterocycles. The molecular weight excluding hydrogens is 242 g/mol. The molecular formula is C10H19N3O3S. The van der Waals surface area contributed by atoms with Crippen LogP contribution in [-0.4, -0.2) is 56.9 Å². The number of ether oxygens (including phenoxy) is 1. The summed E-state index contributed by atoms with van der Waals surface area (Å²) >= 11 is 0. The smallest absolute Gasteiger partial charge is 0.282 e. The molecule has 0 aromatic carbocycles. The number of nitrogens with zero attached hydrogens (tertiary/aromatic N) is 3. The van der Waals surface area contributed by atoms with E-state index >= 15 is 0 Å². The van der Waals surface area contributed by atoms with E-state index in [2.05, 4.69) is 0 Å².